The zero-order valence-corrected chi connectivity index (χ0v) is 65.3. The minimum Gasteiger partial charge on any atom is -0.462 e. The molecule has 0 rings (SSSR count). The largest absolute Gasteiger partial charge is 0.472 e. The summed E-state index contributed by atoms with van der Waals surface area (Å²) in [6.07, 6.45) is 119. The normalized spacial score (nSPS) is 13.5. The number of ether oxygens (including phenoxy) is 2. The molecule has 0 aromatic rings. The molecule has 9 nitrogen and oxygen atoms in total. The first kappa shape index (κ1) is 95.2. The second-order valence-electron chi connectivity index (χ2n) is 27.6. The van der Waals surface area contributed by atoms with Gasteiger partial charge in [0.15, 0.2) is 6.10 Å². The molecular formula is C89H156NO8P. The number of hydrogen-bond acceptors (Lipinski definition) is 8. The molecule has 0 aliphatic heterocycles. The molecule has 0 saturated carbocycles. The average Bonchev–Trinajstić information content (AvgIpc) is 1.19. The van der Waals surface area contributed by atoms with Crippen molar-refractivity contribution in [2.75, 3.05) is 26.4 Å². The Morgan fingerprint density at radius 3 is 0.778 bits per heavy atom. The van der Waals surface area contributed by atoms with E-state index in [4.69, 9.17) is 24.3 Å². The number of rotatable bonds is 78. The fourth-order valence-corrected chi connectivity index (χ4v) is 12.7. The van der Waals surface area contributed by atoms with Crippen molar-refractivity contribution in [2.45, 2.75) is 392 Å². The predicted octanol–water partition coefficient (Wildman–Crippen LogP) is 28.3. The van der Waals surface area contributed by atoms with Crippen LogP contribution in [0.1, 0.15) is 386 Å². The number of unbranched alkanes of at least 4 members (excludes halogenated alkanes) is 43. The van der Waals surface area contributed by atoms with Gasteiger partial charge in [-0.15, -0.1) is 0 Å². The van der Waals surface area contributed by atoms with E-state index in [-0.39, 0.29) is 38.6 Å². The zero-order valence-electron chi connectivity index (χ0n) is 64.4. The number of allylic oxidation sites excluding steroid dienone is 22. The quantitative estimate of drug-likeness (QED) is 0.0264. The molecule has 0 aliphatic carbocycles. The Hall–Kier alpha value is -3.85. The van der Waals surface area contributed by atoms with Crippen molar-refractivity contribution in [3.8, 4) is 0 Å². The number of esters is 2. The Labute approximate surface area is 612 Å². The molecule has 570 valence electrons. The van der Waals surface area contributed by atoms with Crippen LogP contribution in [0.5, 0.6) is 0 Å². The summed E-state index contributed by atoms with van der Waals surface area (Å²) in [4.78, 5) is 35.5. The molecule has 0 aromatic heterocycles. The molecule has 0 heterocycles. The van der Waals surface area contributed by atoms with Crippen LogP contribution in [0.2, 0.25) is 0 Å². The Morgan fingerprint density at radius 1 is 0.303 bits per heavy atom. The lowest BCUT2D eigenvalue weighted by Gasteiger charge is -2.19. The number of nitrogens with two attached hydrogens (primary N) is 1. The van der Waals surface area contributed by atoms with Crippen LogP contribution in [0, 0.1) is 0 Å². The Morgan fingerprint density at radius 2 is 0.525 bits per heavy atom. The fourth-order valence-electron chi connectivity index (χ4n) is 12.0. The summed E-state index contributed by atoms with van der Waals surface area (Å²) in [5, 5.41) is 0. The van der Waals surface area contributed by atoms with Crippen LogP contribution < -0.4 is 5.73 Å². The van der Waals surface area contributed by atoms with Crippen LogP contribution in [0.4, 0.5) is 0 Å². The third-order valence-electron chi connectivity index (χ3n) is 18.0. The van der Waals surface area contributed by atoms with E-state index in [1.165, 1.54) is 250 Å². The van der Waals surface area contributed by atoms with Crippen LogP contribution in [-0.2, 0) is 32.7 Å². The lowest BCUT2D eigenvalue weighted by Crippen LogP contribution is -2.29. The molecule has 3 N–H and O–H groups in total. The van der Waals surface area contributed by atoms with Gasteiger partial charge < -0.3 is 20.1 Å². The molecule has 2 atom stereocenters. The summed E-state index contributed by atoms with van der Waals surface area (Å²) in [6, 6.07) is 0. The zero-order chi connectivity index (χ0) is 71.5. The van der Waals surface area contributed by atoms with E-state index in [0.29, 0.717) is 6.42 Å². The number of carbonyl (C=O) groups is 2. The number of carbonyl (C=O) groups excluding carboxylic acids is 2. The summed E-state index contributed by atoms with van der Waals surface area (Å²) in [5.41, 5.74) is 5.42. The Balaban J connectivity index is 3.77. The minimum absolute atomic E-state index is 0.0524. The van der Waals surface area contributed by atoms with Gasteiger partial charge in [0.25, 0.3) is 0 Å². The van der Waals surface area contributed by atoms with Gasteiger partial charge in [0.1, 0.15) is 6.61 Å². The Kier molecular flexibility index (Phi) is 79.9. The van der Waals surface area contributed by atoms with E-state index < -0.39 is 26.5 Å². The first-order valence-electron chi connectivity index (χ1n) is 41.7. The number of phosphoric acid groups is 1. The average molecular weight is 1400 g/mol. The lowest BCUT2D eigenvalue weighted by molar-refractivity contribution is -0.161. The summed E-state index contributed by atoms with van der Waals surface area (Å²) in [5.74, 6) is -0.811. The van der Waals surface area contributed by atoms with Gasteiger partial charge in [-0.25, -0.2) is 4.57 Å². The smallest absolute Gasteiger partial charge is 0.462 e. The fraction of sp³-hybridized carbons (Fsp3) is 0.730. The molecule has 0 aliphatic rings. The van der Waals surface area contributed by atoms with E-state index in [1.807, 2.05) is 0 Å². The maximum absolute atomic E-state index is 12.8. The van der Waals surface area contributed by atoms with Crippen LogP contribution in [0.3, 0.4) is 0 Å². The molecule has 0 amide bonds. The van der Waals surface area contributed by atoms with Crippen molar-refractivity contribution in [3.63, 3.8) is 0 Å². The molecule has 0 aromatic carbocycles. The highest BCUT2D eigenvalue weighted by Gasteiger charge is 2.26. The van der Waals surface area contributed by atoms with Crippen LogP contribution >= 0.6 is 7.82 Å². The highest BCUT2D eigenvalue weighted by atomic mass is 31.2. The van der Waals surface area contributed by atoms with Crippen LogP contribution in [0.25, 0.3) is 0 Å². The van der Waals surface area contributed by atoms with E-state index >= 15 is 0 Å². The summed E-state index contributed by atoms with van der Waals surface area (Å²) in [6.45, 7) is 3.57. The van der Waals surface area contributed by atoms with Crippen molar-refractivity contribution in [1.29, 1.82) is 0 Å². The van der Waals surface area contributed by atoms with E-state index in [1.54, 1.807) is 0 Å². The maximum atomic E-state index is 12.8. The first-order chi connectivity index (χ1) is 48.8. The van der Waals surface area contributed by atoms with E-state index in [9.17, 15) is 19.0 Å². The lowest BCUT2D eigenvalue weighted by atomic mass is 10.0. The van der Waals surface area contributed by atoms with Crippen LogP contribution in [0.15, 0.2) is 134 Å². The van der Waals surface area contributed by atoms with Gasteiger partial charge in [0.2, 0.25) is 0 Å². The summed E-state index contributed by atoms with van der Waals surface area (Å²) >= 11 is 0. The Bertz CT molecular complexity index is 2100. The van der Waals surface area contributed by atoms with Crippen LogP contribution in [-0.4, -0.2) is 49.3 Å². The monoisotopic (exact) mass is 1400 g/mol. The maximum Gasteiger partial charge on any atom is 0.472 e. The standard InChI is InChI=1S/C89H156NO8P/c1-3-5-7-9-11-13-15-17-19-21-23-25-27-29-31-33-35-37-39-41-42-43-44-46-48-50-52-54-56-58-60-62-64-66-68-70-72-74-76-78-80-82-89(92)98-87(86-97-99(93,94)96-84-83-90)85-95-88(91)81-79-77-75-73-71-69-67-65-63-61-59-57-55-53-51-49-47-45-40-38-36-34-32-30-28-26-24-22-20-18-16-14-12-10-8-6-4-2/h5-8,11-14,17-20,23-26,29-32,35,37,87H,3-4,9-10,15-16,21-22,27-28,33-34,36,38-86,90H2,1-2H3,(H,93,94)/b7-5-,8-6-,13-11-,14-12-,19-17-,20-18-,25-23-,26-24-,31-29-,32-30-,37-35-. The van der Waals surface area contributed by atoms with Crippen molar-refractivity contribution in [1.82, 2.24) is 0 Å². The summed E-state index contributed by atoms with van der Waals surface area (Å²) < 4.78 is 33.3. The van der Waals surface area contributed by atoms with E-state index in [2.05, 4.69) is 148 Å². The molecule has 2 unspecified atom stereocenters. The highest BCUT2D eigenvalue weighted by Crippen LogP contribution is 2.43. The van der Waals surface area contributed by atoms with Crippen molar-refractivity contribution in [3.05, 3.63) is 134 Å². The van der Waals surface area contributed by atoms with Gasteiger partial charge in [-0.05, 0) is 109 Å². The summed E-state index contributed by atoms with van der Waals surface area (Å²) in [7, 11) is -4.40. The van der Waals surface area contributed by atoms with Crippen molar-refractivity contribution >= 4 is 19.8 Å². The molecular weight excluding hydrogens is 1240 g/mol. The van der Waals surface area contributed by atoms with Gasteiger partial charge >= 0.3 is 19.8 Å². The molecule has 0 spiro atoms. The van der Waals surface area contributed by atoms with Gasteiger partial charge in [-0.3, -0.25) is 18.6 Å². The highest BCUT2D eigenvalue weighted by molar-refractivity contribution is 7.47. The topological polar surface area (TPSA) is 134 Å². The van der Waals surface area contributed by atoms with Gasteiger partial charge in [-0.2, -0.15) is 0 Å². The minimum atomic E-state index is -4.40. The SMILES string of the molecule is CC/C=C\C/C=C\C/C=C\C/C=C\C/C=C\C/C=C\CCCCCCCCCCCCCCCCCCCCCCCCC(=O)OC(COC(=O)CCCCCCCCCCCCCCCCCCCCCCC/C=C\C/C=C\C/C=C\C/C=C\C/C=C\CC)COP(=O)(O)OCCN. The second-order valence-corrected chi connectivity index (χ2v) is 29.0. The third-order valence-corrected chi connectivity index (χ3v) is 19.0. The van der Waals surface area contributed by atoms with Gasteiger partial charge in [0.05, 0.1) is 13.2 Å². The predicted molar refractivity (Wildman–Crippen MR) is 431 cm³/mol. The first-order valence-corrected chi connectivity index (χ1v) is 43.2. The second kappa shape index (κ2) is 83.1. The number of phosphoric ester groups is 1. The van der Waals surface area contributed by atoms with E-state index in [0.717, 1.165) is 103 Å². The third kappa shape index (κ3) is 83.0. The van der Waals surface area contributed by atoms with Gasteiger partial charge in [0, 0.05) is 19.4 Å². The number of hydrogen-bond donors (Lipinski definition) is 2. The molecule has 99 heavy (non-hydrogen) atoms. The van der Waals surface area contributed by atoms with Crippen molar-refractivity contribution < 1.29 is 37.6 Å². The molecule has 0 saturated heterocycles. The van der Waals surface area contributed by atoms with Crippen molar-refractivity contribution in [2.24, 2.45) is 5.73 Å². The molecule has 0 bridgehead atoms. The van der Waals surface area contributed by atoms with Gasteiger partial charge in [-0.1, -0.05) is 398 Å². The molecule has 0 radical (unpaired) electrons. The molecule has 0 fully saturated rings. The molecule has 10 heteroatoms.